The molecule has 1 fully saturated rings. The molecule has 1 aliphatic rings. The molecule has 0 aromatic heterocycles. The van der Waals surface area contributed by atoms with Crippen molar-refractivity contribution in [2.75, 3.05) is 13.1 Å². The second kappa shape index (κ2) is 4.05. The molecule has 3 atom stereocenters. The average Bonchev–Trinajstić information content (AvgIpc) is 2.46. The largest absolute Gasteiger partial charge is 0.480 e. The number of β-amino-alcohol motifs (C(OH)–C–C–N with tert-alkyl or cyclic N) is 2. The predicted octanol–water partition coefficient (Wildman–Crippen LogP) is -2.17. The second-order valence-corrected chi connectivity index (χ2v) is 5.73. The average molecular weight is 239 g/mol. The highest BCUT2D eigenvalue weighted by Gasteiger charge is 2.41. The van der Waals surface area contributed by atoms with Crippen LogP contribution in [0.2, 0.25) is 0 Å². The number of carboxylic acids is 1. The van der Waals surface area contributed by atoms with Crippen molar-refractivity contribution >= 4 is 16.0 Å². The lowest BCUT2D eigenvalue weighted by atomic mass is 10.3. The number of hydrogen-bond donors (Lipinski definition) is 3. The van der Waals surface area contributed by atoms with Crippen LogP contribution in [0.15, 0.2) is 0 Å². The van der Waals surface area contributed by atoms with E-state index in [1.165, 1.54) is 0 Å². The summed E-state index contributed by atoms with van der Waals surface area (Å²) < 4.78 is 24.0. The Kier molecular flexibility index (Phi) is 3.34. The Morgan fingerprint density at radius 3 is 2.07 bits per heavy atom. The molecule has 3 unspecified atom stereocenters. The van der Waals surface area contributed by atoms with Crippen molar-refractivity contribution in [1.29, 1.82) is 0 Å². The maximum absolute atomic E-state index is 11.6. The van der Waals surface area contributed by atoms with Crippen molar-refractivity contribution in [1.82, 2.24) is 4.31 Å². The summed E-state index contributed by atoms with van der Waals surface area (Å²) in [7, 11) is -3.99. The van der Waals surface area contributed by atoms with Crippen LogP contribution in [0.25, 0.3) is 0 Å². The fraction of sp³-hybridized carbons (Fsp3) is 0.857. The van der Waals surface area contributed by atoms with Crippen molar-refractivity contribution in [3.05, 3.63) is 0 Å². The number of carboxylic acid groups (broad SMARTS) is 1. The highest BCUT2D eigenvalue weighted by Crippen LogP contribution is 2.17. The molecule has 0 bridgehead atoms. The van der Waals surface area contributed by atoms with Crippen LogP contribution in [0.1, 0.15) is 6.92 Å². The number of aliphatic hydroxyl groups excluding tert-OH is 2. The van der Waals surface area contributed by atoms with Crippen LogP contribution in [0.4, 0.5) is 0 Å². The van der Waals surface area contributed by atoms with Gasteiger partial charge in [0.15, 0.2) is 5.25 Å². The van der Waals surface area contributed by atoms with E-state index < -0.39 is 33.5 Å². The monoisotopic (exact) mass is 239 g/mol. The first kappa shape index (κ1) is 12.4. The molecule has 7 nitrogen and oxygen atoms in total. The molecule has 0 aromatic rings. The standard InChI is InChI=1S/C7H13NO6S/c1-4(7(11)12)15(13,14)8-2-5(9)6(10)3-8/h4-6,9-10H,2-3H2,1H3,(H,11,12). The minimum atomic E-state index is -3.99. The van der Waals surface area contributed by atoms with E-state index in [1.807, 2.05) is 0 Å². The number of aliphatic hydroxyl groups is 2. The zero-order valence-corrected chi connectivity index (χ0v) is 8.88. The van der Waals surface area contributed by atoms with Gasteiger partial charge in [-0.3, -0.25) is 4.79 Å². The van der Waals surface area contributed by atoms with Gasteiger partial charge in [-0.05, 0) is 6.92 Å². The molecule has 0 aliphatic carbocycles. The highest BCUT2D eigenvalue weighted by atomic mass is 32.2. The molecular formula is C7H13NO6S. The van der Waals surface area contributed by atoms with Gasteiger partial charge in [-0.1, -0.05) is 0 Å². The molecule has 88 valence electrons. The highest BCUT2D eigenvalue weighted by molar-refractivity contribution is 7.90. The van der Waals surface area contributed by atoms with E-state index in [2.05, 4.69) is 0 Å². The third kappa shape index (κ3) is 2.28. The minimum absolute atomic E-state index is 0.263. The van der Waals surface area contributed by atoms with Gasteiger partial charge in [-0.15, -0.1) is 0 Å². The molecular weight excluding hydrogens is 226 g/mol. The fourth-order valence-electron chi connectivity index (χ4n) is 1.29. The van der Waals surface area contributed by atoms with Gasteiger partial charge < -0.3 is 15.3 Å². The lowest BCUT2D eigenvalue weighted by Crippen LogP contribution is -2.40. The van der Waals surface area contributed by atoms with Crippen LogP contribution < -0.4 is 0 Å². The summed E-state index contributed by atoms with van der Waals surface area (Å²) in [5.74, 6) is -1.45. The molecule has 1 rings (SSSR count). The van der Waals surface area contributed by atoms with Crippen LogP contribution in [0.3, 0.4) is 0 Å². The molecule has 1 aliphatic heterocycles. The number of nitrogens with zero attached hydrogens (tertiary/aromatic N) is 1. The third-order valence-electron chi connectivity index (χ3n) is 2.38. The molecule has 15 heavy (non-hydrogen) atoms. The Morgan fingerprint density at radius 1 is 1.33 bits per heavy atom. The van der Waals surface area contributed by atoms with Crippen molar-refractivity contribution < 1.29 is 28.5 Å². The second-order valence-electron chi connectivity index (χ2n) is 3.48. The maximum atomic E-state index is 11.6. The van der Waals surface area contributed by atoms with Crippen LogP contribution >= 0.6 is 0 Å². The van der Waals surface area contributed by atoms with E-state index in [0.717, 1.165) is 11.2 Å². The van der Waals surface area contributed by atoms with Crippen molar-refractivity contribution in [2.45, 2.75) is 24.4 Å². The molecule has 0 saturated carbocycles. The Hall–Kier alpha value is -0.700. The topological polar surface area (TPSA) is 115 Å². The Balaban J connectivity index is 2.85. The van der Waals surface area contributed by atoms with Crippen LogP contribution in [0, 0.1) is 0 Å². The van der Waals surface area contributed by atoms with Gasteiger partial charge in [-0.2, -0.15) is 4.31 Å². The van der Waals surface area contributed by atoms with Gasteiger partial charge in [0.05, 0.1) is 12.2 Å². The Labute approximate surface area is 87.0 Å². The van der Waals surface area contributed by atoms with Crippen LogP contribution in [-0.2, 0) is 14.8 Å². The normalized spacial score (nSPS) is 30.3. The maximum Gasteiger partial charge on any atom is 0.323 e. The molecule has 1 heterocycles. The molecule has 0 radical (unpaired) electrons. The number of sulfonamides is 1. The zero-order chi connectivity index (χ0) is 11.8. The SMILES string of the molecule is CC(C(=O)O)S(=O)(=O)N1CC(O)C(O)C1. The third-order valence-corrected chi connectivity index (χ3v) is 4.49. The lowest BCUT2D eigenvalue weighted by molar-refractivity contribution is -0.136. The van der Waals surface area contributed by atoms with Gasteiger partial charge in [0.25, 0.3) is 0 Å². The molecule has 0 aromatic carbocycles. The van der Waals surface area contributed by atoms with Crippen molar-refractivity contribution in [3.8, 4) is 0 Å². The molecule has 0 amide bonds. The van der Waals surface area contributed by atoms with E-state index in [0.29, 0.717) is 0 Å². The summed E-state index contributed by atoms with van der Waals surface area (Å²) in [6.45, 7) is 0.525. The molecule has 0 spiro atoms. The number of aliphatic carboxylic acids is 1. The van der Waals surface area contributed by atoms with E-state index in [9.17, 15) is 13.2 Å². The van der Waals surface area contributed by atoms with Gasteiger partial charge in [0.1, 0.15) is 0 Å². The number of hydrogen-bond acceptors (Lipinski definition) is 5. The predicted molar refractivity (Wildman–Crippen MR) is 49.6 cm³/mol. The number of rotatable bonds is 3. The quantitative estimate of drug-likeness (QED) is 0.516. The van der Waals surface area contributed by atoms with E-state index in [1.54, 1.807) is 0 Å². The summed E-state index contributed by atoms with van der Waals surface area (Å²) in [6.07, 6.45) is -2.30. The van der Waals surface area contributed by atoms with Gasteiger partial charge in [0.2, 0.25) is 10.0 Å². The van der Waals surface area contributed by atoms with Gasteiger partial charge >= 0.3 is 5.97 Å². The molecule has 8 heteroatoms. The smallest absolute Gasteiger partial charge is 0.323 e. The van der Waals surface area contributed by atoms with E-state index in [4.69, 9.17) is 15.3 Å². The first-order valence-electron chi connectivity index (χ1n) is 4.34. The fourth-order valence-corrected chi connectivity index (χ4v) is 2.72. The van der Waals surface area contributed by atoms with Crippen molar-refractivity contribution in [2.24, 2.45) is 0 Å². The summed E-state index contributed by atoms with van der Waals surface area (Å²) in [5.41, 5.74) is 0. The van der Waals surface area contributed by atoms with Gasteiger partial charge in [0, 0.05) is 13.1 Å². The van der Waals surface area contributed by atoms with E-state index in [-0.39, 0.29) is 13.1 Å². The zero-order valence-electron chi connectivity index (χ0n) is 8.07. The van der Waals surface area contributed by atoms with Crippen LogP contribution in [0.5, 0.6) is 0 Å². The summed E-state index contributed by atoms with van der Waals surface area (Å²) in [5, 5.41) is 25.3. The van der Waals surface area contributed by atoms with E-state index >= 15 is 0 Å². The number of carbonyl (C=O) groups is 1. The van der Waals surface area contributed by atoms with Gasteiger partial charge in [-0.25, -0.2) is 8.42 Å². The first-order valence-corrected chi connectivity index (χ1v) is 5.85. The molecule has 3 N–H and O–H groups in total. The summed E-state index contributed by atoms with van der Waals surface area (Å²) in [6, 6.07) is 0. The van der Waals surface area contributed by atoms with Crippen molar-refractivity contribution in [3.63, 3.8) is 0 Å². The Bertz CT molecular complexity index is 342. The Morgan fingerprint density at radius 2 is 1.73 bits per heavy atom. The first-order chi connectivity index (χ1) is 6.76. The lowest BCUT2D eigenvalue weighted by Gasteiger charge is -2.18. The minimum Gasteiger partial charge on any atom is -0.480 e. The summed E-state index contributed by atoms with van der Waals surface area (Å²) >= 11 is 0. The van der Waals surface area contributed by atoms with Crippen LogP contribution in [-0.4, -0.2) is 64.6 Å². The summed E-state index contributed by atoms with van der Waals surface area (Å²) in [4.78, 5) is 10.5. The molecule has 1 saturated heterocycles.